The van der Waals surface area contributed by atoms with Gasteiger partial charge in [-0.3, -0.25) is 4.79 Å². The number of benzene rings is 2. The van der Waals surface area contributed by atoms with Gasteiger partial charge in [-0.2, -0.15) is 5.06 Å². The van der Waals surface area contributed by atoms with Crippen LogP contribution in [-0.2, 0) is 0 Å². The van der Waals surface area contributed by atoms with Gasteiger partial charge < -0.3 is 20.2 Å². The maximum atomic E-state index is 12.7. The van der Waals surface area contributed by atoms with E-state index in [9.17, 15) is 10.0 Å². The second-order valence-electron chi connectivity index (χ2n) is 10.2. The van der Waals surface area contributed by atoms with Crippen molar-refractivity contribution in [2.45, 2.75) is 39.2 Å². The molecule has 2 aromatic carbocycles. The molecule has 3 rings (SSSR count). The van der Waals surface area contributed by atoms with E-state index in [1.165, 1.54) is 19.3 Å². The Hall–Kier alpha value is -2.41. The maximum Gasteiger partial charge on any atom is 0.251 e. The van der Waals surface area contributed by atoms with Crippen LogP contribution in [0.1, 0.15) is 43.5 Å². The third-order valence-corrected chi connectivity index (χ3v) is 6.64. The predicted molar refractivity (Wildman–Crippen MR) is 133 cm³/mol. The molecule has 0 aromatic heterocycles. The van der Waals surface area contributed by atoms with Gasteiger partial charge in [0.2, 0.25) is 0 Å². The second kappa shape index (κ2) is 11.1. The summed E-state index contributed by atoms with van der Waals surface area (Å²) < 4.78 is 6.15. The van der Waals surface area contributed by atoms with Crippen molar-refractivity contribution in [2.24, 2.45) is 11.3 Å². The Morgan fingerprint density at radius 2 is 1.85 bits per heavy atom. The Morgan fingerprint density at radius 1 is 1.12 bits per heavy atom. The summed E-state index contributed by atoms with van der Waals surface area (Å²) in [6, 6.07) is 15.6. The quantitative estimate of drug-likeness (QED) is 0.517. The van der Waals surface area contributed by atoms with Crippen LogP contribution >= 0.6 is 0 Å². The summed E-state index contributed by atoms with van der Waals surface area (Å²) >= 11 is 0. The largest absolute Gasteiger partial charge is 0.488 e. The molecule has 0 bridgehead atoms. The first kappa shape index (κ1) is 25.2. The molecule has 1 amide bonds. The summed E-state index contributed by atoms with van der Waals surface area (Å²) in [6.07, 6.45) is 3.50. The number of likely N-dealkylation sites (N-methyl/N-ethyl adjacent to an activating group) is 2. The molecule has 6 nitrogen and oxygen atoms in total. The number of hydroxylamine groups is 2. The standard InChI is InChI=1S/C27H39N3O3/c1-27(2)15-7-9-23(27)17-28-26(31)21-13-11-20(12-14-21)22-8-6-10-24(16-22)33-25(18-29(3)4)19-30(5)32/h6,8,10-14,16,23,25,32H,7,9,15,17-19H2,1-5H3,(H,28,31). The van der Waals surface area contributed by atoms with Crippen molar-refractivity contribution in [3.8, 4) is 16.9 Å². The molecule has 6 heteroatoms. The van der Waals surface area contributed by atoms with Crippen LogP contribution in [0, 0.1) is 11.3 Å². The second-order valence-corrected chi connectivity index (χ2v) is 10.2. The normalized spacial score (nSPS) is 18.5. The molecular weight excluding hydrogens is 414 g/mol. The van der Waals surface area contributed by atoms with Gasteiger partial charge in [0.1, 0.15) is 11.9 Å². The van der Waals surface area contributed by atoms with Gasteiger partial charge in [-0.05, 0) is 73.7 Å². The first-order chi connectivity index (χ1) is 15.6. The van der Waals surface area contributed by atoms with Crippen LogP contribution < -0.4 is 10.1 Å². The summed E-state index contributed by atoms with van der Waals surface area (Å²) in [6.45, 7) is 6.44. The molecule has 0 spiro atoms. The molecule has 0 heterocycles. The molecular formula is C27H39N3O3. The molecule has 0 aliphatic heterocycles. The Kier molecular flexibility index (Phi) is 8.51. The van der Waals surface area contributed by atoms with Gasteiger partial charge in [0, 0.05) is 25.7 Å². The van der Waals surface area contributed by atoms with Gasteiger partial charge in [-0.1, -0.05) is 44.5 Å². The monoisotopic (exact) mass is 453 g/mol. The van der Waals surface area contributed by atoms with Crippen molar-refractivity contribution in [1.82, 2.24) is 15.3 Å². The van der Waals surface area contributed by atoms with E-state index in [0.29, 0.717) is 30.0 Å². The van der Waals surface area contributed by atoms with Gasteiger partial charge >= 0.3 is 0 Å². The fourth-order valence-electron chi connectivity index (χ4n) is 4.68. The van der Waals surface area contributed by atoms with Crippen molar-refractivity contribution < 1.29 is 14.7 Å². The highest BCUT2D eigenvalue weighted by molar-refractivity contribution is 5.94. The molecule has 33 heavy (non-hydrogen) atoms. The molecule has 2 N–H and O–H groups in total. The lowest BCUT2D eigenvalue weighted by atomic mass is 9.82. The zero-order valence-corrected chi connectivity index (χ0v) is 20.7. The van der Waals surface area contributed by atoms with E-state index < -0.39 is 0 Å². The van der Waals surface area contributed by atoms with Crippen LogP contribution in [0.4, 0.5) is 0 Å². The van der Waals surface area contributed by atoms with Gasteiger partial charge in [-0.25, -0.2) is 0 Å². The summed E-state index contributed by atoms with van der Waals surface area (Å²) in [5.74, 6) is 1.29. The molecule has 1 aliphatic carbocycles. The third-order valence-electron chi connectivity index (χ3n) is 6.64. The van der Waals surface area contributed by atoms with E-state index in [4.69, 9.17) is 4.74 Å². The fourth-order valence-corrected chi connectivity index (χ4v) is 4.68. The highest BCUT2D eigenvalue weighted by atomic mass is 16.5. The van der Waals surface area contributed by atoms with Crippen LogP contribution in [0.5, 0.6) is 5.75 Å². The minimum atomic E-state index is -0.166. The summed E-state index contributed by atoms with van der Waals surface area (Å²) in [5, 5.41) is 13.9. The first-order valence-electron chi connectivity index (χ1n) is 11.8. The Morgan fingerprint density at radius 3 is 2.45 bits per heavy atom. The van der Waals surface area contributed by atoms with Gasteiger partial charge in [-0.15, -0.1) is 0 Å². The predicted octanol–water partition coefficient (Wildman–Crippen LogP) is 4.54. The summed E-state index contributed by atoms with van der Waals surface area (Å²) in [4.78, 5) is 14.7. The SMILES string of the molecule is CN(C)CC(CN(C)O)Oc1cccc(-c2ccc(C(=O)NCC3CCCC3(C)C)cc2)c1. The Labute approximate surface area is 198 Å². The number of ether oxygens (including phenoxy) is 1. The molecule has 2 unspecified atom stereocenters. The number of nitrogens with one attached hydrogen (secondary N) is 1. The minimum Gasteiger partial charge on any atom is -0.488 e. The molecule has 1 saturated carbocycles. The Balaban J connectivity index is 1.63. The third kappa shape index (κ3) is 7.29. The number of carbonyl (C=O) groups excluding carboxylic acids is 1. The van der Waals surface area contributed by atoms with Crippen molar-refractivity contribution in [2.75, 3.05) is 40.8 Å². The number of hydrogen-bond acceptors (Lipinski definition) is 5. The lowest BCUT2D eigenvalue weighted by Gasteiger charge is -2.27. The van der Waals surface area contributed by atoms with Gasteiger partial charge in [0.25, 0.3) is 5.91 Å². The highest BCUT2D eigenvalue weighted by Crippen LogP contribution is 2.42. The molecule has 1 fully saturated rings. The van der Waals surface area contributed by atoms with Crippen LogP contribution in [0.3, 0.4) is 0 Å². The average molecular weight is 454 g/mol. The maximum absolute atomic E-state index is 12.7. The highest BCUT2D eigenvalue weighted by Gasteiger charge is 2.34. The minimum absolute atomic E-state index is 0.0130. The number of rotatable bonds is 10. The number of hydrogen-bond donors (Lipinski definition) is 2. The van der Waals surface area contributed by atoms with Gasteiger partial charge in [0.15, 0.2) is 0 Å². The number of nitrogens with zero attached hydrogens (tertiary/aromatic N) is 2. The zero-order valence-electron chi connectivity index (χ0n) is 20.7. The van der Waals surface area contributed by atoms with Crippen LogP contribution in [-0.4, -0.2) is 68.0 Å². The van der Waals surface area contributed by atoms with E-state index in [1.807, 2.05) is 67.5 Å². The topological polar surface area (TPSA) is 65.0 Å². The lowest BCUT2D eigenvalue weighted by Crippen LogP contribution is -2.39. The summed E-state index contributed by atoms with van der Waals surface area (Å²) in [7, 11) is 5.59. The molecule has 2 atom stereocenters. The van der Waals surface area contributed by atoms with E-state index in [0.717, 1.165) is 28.5 Å². The van der Waals surface area contributed by atoms with Gasteiger partial charge in [0.05, 0.1) is 6.54 Å². The van der Waals surface area contributed by atoms with Crippen LogP contribution in [0.2, 0.25) is 0 Å². The molecule has 1 aliphatic rings. The lowest BCUT2D eigenvalue weighted by molar-refractivity contribution is -0.0880. The molecule has 0 saturated heterocycles. The van der Waals surface area contributed by atoms with Crippen molar-refractivity contribution in [3.05, 3.63) is 54.1 Å². The molecule has 180 valence electrons. The van der Waals surface area contributed by atoms with E-state index in [-0.39, 0.29) is 12.0 Å². The van der Waals surface area contributed by atoms with Crippen LogP contribution in [0.15, 0.2) is 48.5 Å². The van der Waals surface area contributed by atoms with Crippen molar-refractivity contribution >= 4 is 5.91 Å². The Bertz CT molecular complexity index is 899. The number of carbonyl (C=O) groups is 1. The smallest absolute Gasteiger partial charge is 0.251 e. The van der Waals surface area contributed by atoms with E-state index in [2.05, 4.69) is 19.2 Å². The summed E-state index contributed by atoms with van der Waals surface area (Å²) in [5.41, 5.74) is 3.03. The zero-order chi connectivity index (χ0) is 24.0. The van der Waals surface area contributed by atoms with E-state index in [1.54, 1.807) is 7.05 Å². The van der Waals surface area contributed by atoms with Crippen molar-refractivity contribution in [3.63, 3.8) is 0 Å². The average Bonchev–Trinajstić information content (AvgIpc) is 3.09. The number of amides is 1. The van der Waals surface area contributed by atoms with Crippen LogP contribution in [0.25, 0.3) is 11.1 Å². The molecule has 2 aromatic rings. The fraction of sp³-hybridized carbons (Fsp3) is 0.519. The molecule has 0 radical (unpaired) electrons. The van der Waals surface area contributed by atoms with Crippen molar-refractivity contribution in [1.29, 1.82) is 0 Å². The van der Waals surface area contributed by atoms with E-state index >= 15 is 0 Å². The first-order valence-corrected chi connectivity index (χ1v) is 11.8.